The zero-order chi connectivity index (χ0) is 17.9. The van der Waals surface area contributed by atoms with E-state index in [1.807, 2.05) is 39.5 Å². The fourth-order valence-corrected chi connectivity index (χ4v) is 5.54. The number of amides is 1. The molecule has 1 fully saturated rings. The molecule has 0 bridgehead atoms. The molecule has 1 aromatic heterocycles. The van der Waals surface area contributed by atoms with E-state index >= 15 is 0 Å². The Kier molecular flexibility index (Phi) is 5.49. The molecule has 1 amide bonds. The van der Waals surface area contributed by atoms with Gasteiger partial charge in [-0.2, -0.15) is 0 Å². The predicted molar refractivity (Wildman–Crippen MR) is 105 cm³/mol. The molecule has 8 heteroatoms. The number of para-hydroxylation sites is 1. The molecule has 0 unspecified atom stereocenters. The van der Waals surface area contributed by atoms with Gasteiger partial charge in [0.15, 0.2) is 0 Å². The van der Waals surface area contributed by atoms with Gasteiger partial charge >= 0.3 is 0 Å². The summed E-state index contributed by atoms with van der Waals surface area (Å²) in [5, 5.41) is 13.4. The molecular weight excluding hydrogens is 366 g/mol. The maximum absolute atomic E-state index is 13.0. The van der Waals surface area contributed by atoms with Gasteiger partial charge in [-0.05, 0) is 41.8 Å². The van der Waals surface area contributed by atoms with E-state index in [4.69, 9.17) is 0 Å². The van der Waals surface area contributed by atoms with Crippen molar-refractivity contribution in [1.82, 2.24) is 20.2 Å². The number of anilines is 1. The van der Waals surface area contributed by atoms with Crippen LogP contribution < -0.4 is 4.90 Å². The number of tetrazole rings is 1. The molecule has 0 spiro atoms. The number of hydrogen-bond donors (Lipinski definition) is 0. The lowest BCUT2D eigenvalue weighted by Gasteiger charge is -2.22. The van der Waals surface area contributed by atoms with Crippen molar-refractivity contribution < 1.29 is 4.79 Å². The van der Waals surface area contributed by atoms with E-state index in [1.165, 1.54) is 29.5 Å². The summed E-state index contributed by atoms with van der Waals surface area (Å²) in [6, 6.07) is 8.58. The molecule has 0 N–H and O–H groups in total. The molecule has 138 valence electrons. The van der Waals surface area contributed by atoms with E-state index in [1.54, 1.807) is 0 Å². The van der Waals surface area contributed by atoms with Crippen LogP contribution in [0.3, 0.4) is 0 Å². The number of aromatic nitrogens is 4. The fraction of sp³-hybridized carbons (Fsp3) is 0.556. The van der Waals surface area contributed by atoms with Crippen molar-refractivity contribution in [2.45, 2.75) is 60.4 Å². The van der Waals surface area contributed by atoms with Gasteiger partial charge in [-0.3, -0.25) is 4.79 Å². The Hall–Kier alpha value is -1.54. The van der Waals surface area contributed by atoms with Gasteiger partial charge in [-0.1, -0.05) is 43.7 Å². The second-order valence-corrected chi connectivity index (χ2v) is 9.29. The van der Waals surface area contributed by atoms with Crippen LogP contribution in [-0.2, 0) is 4.79 Å². The maximum Gasteiger partial charge on any atom is 0.237 e. The highest BCUT2D eigenvalue weighted by Crippen LogP contribution is 2.38. The first-order chi connectivity index (χ1) is 12.7. The van der Waals surface area contributed by atoms with E-state index < -0.39 is 0 Å². The van der Waals surface area contributed by atoms with Crippen LogP contribution in [0.2, 0.25) is 0 Å². The zero-order valence-corrected chi connectivity index (χ0v) is 16.5. The van der Waals surface area contributed by atoms with Crippen molar-refractivity contribution in [2.24, 2.45) is 0 Å². The number of rotatable bonds is 4. The summed E-state index contributed by atoms with van der Waals surface area (Å²) >= 11 is 3.31. The minimum Gasteiger partial charge on any atom is -0.311 e. The molecule has 2 aliphatic rings. The molecule has 6 nitrogen and oxygen atoms in total. The SMILES string of the molecule is C[C@@H]1CCN(C(=O)CSc2nnnn2C2CCCC2)c2ccccc2S1. The van der Waals surface area contributed by atoms with Crippen molar-refractivity contribution in [3.05, 3.63) is 24.3 Å². The molecule has 0 radical (unpaired) electrons. The summed E-state index contributed by atoms with van der Waals surface area (Å²) in [6.07, 6.45) is 5.71. The van der Waals surface area contributed by atoms with Crippen molar-refractivity contribution in [3.63, 3.8) is 0 Å². The number of fused-ring (bicyclic) bond motifs is 1. The third-order valence-electron chi connectivity index (χ3n) is 5.00. The minimum absolute atomic E-state index is 0.123. The van der Waals surface area contributed by atoms with Crippen LogP contribution in [0, 0.1) is 0 Å². The molecule has 26 heavy (non-hydrogen) atoms. The van der Waals surface area contributed by atoms with Gasteiger partial charge in [0.05, 0.1) is 17.5 Å². The molecule has 4 rings (SSSR count). The number of carbonyl (C=O) groups excluding carboxylic acids is 1. The van der Waals surface area contributed by atoms with Crippen molar-refractivity contribution >= 4 is 35.1 Å². The van der Waals surface area contributed by atoms with Gasteiger partial charge < -0.3 is 4.90 Å². The van der Waals surface area contributed by atoms with Gasteiger partial charge in [-0.25, -0.2) is 4.68 Å². The standard InChI is InChI=1S/C18H23N5OS2/c1-13-10-11-22(15-8-4-5-9-16(15)26-13)17(24)12-25-18-19-20-21-23(18)14-6-2-3-7-14/h4-5,8-9,13-14H,2-3,6-7,10-12H2,1H3/t13-/m1/s1. The number of nitrogens with zero attached hydrogens (tertiary/aromatic N) is 5. The highest BCUT2D eigenvalue weighted by molar-refractivity contribution is 8.00. The Morgan fingerprint density at radius 1 is 1.27 bits per heavy atom. The largest absolute Gasteiger partial charge is 0.311 e. The molecule has 1 saturated carbocycles. The molecule has 1 aliphatic heterocycles. The third-order valence-corrected chi connectivity index (χ3v) is 7.16. The summed E-state index contributed by atoms with van der Waals surface area (Å²) in [7, 11) is 0. The lowest BCUT2D eigenvalue weighted by atomic mass is 10.2. The zero-order valence-electron chi connectivity index (χ0n) is 14.9. The van der Waals surface area contributed by atoms with E-state index in [-0.39, 0.29) is 5.91 Å². The molecular formula is C18H23N5OS2. The van der Waals surface area contributed by atoms with Crippen molar-refractivity contribution in [1.29, 1.82) is 0 Å². The fourth-order valence-electron chi connectivity index (χ4n) is 3.61. The lowest BCUT2D eigenvalue weighted by Crippen LogP contribution is -2.33. The topological polar surface area (TPSA) is 63.9 Å². The molecule has 2 heterocycles. The molecule has 1 aliphatic carbocycles. The first-order valence-corrected chi connectivity index (χ1v) is 11.1. The van der Waals surface area contributed by atoms with E-state index in [0.29, 0.717) is 17.0 Å². The predicted octanol–water partition coefficient (Wildman–Crippen LogP) is 3.80. The molecule has 1 aromatic carbocycles. The van der Waals surface area contributed by atoms with Crippen LogP contribution in [0.4, 0.5) is 5.69 Å². The van der Waals surface area contributed by atoms with Gasteiger partial charge in [0.1, 0.15) is 0 Å². The highest BCUT2D eigenvalue weighted by Gasteiger charge is 2.26. The van der Waals surface area contributed by atoms with Gasteiger partial charge in [0.2, 0.25) is 11.1 Å². The summed E-state index contributed by atoms with van der Waals surface area (Å²) in [5.41, 5.74) is 1.03. The smallest absolute Gasteiger partial charge is 0.237 e. The number of hydrogen-bond acceptors (Lipinski definition) is 6. The van der Waals surface area contributed by atoms with E-state index in [0.717, 1.165) is 36.7 Å². The molecule has 0 saturated heterocycles. The van der Waals surface area contributed by atoms with Crippen LogP contribution in [-0.4, -0.2) is 43.7 Å². The molecule has 1 atom stereocenters. The van der Waals surface area contributed by atoms with Crippen molar-refractivity contribution in [3.8, 4) is 0 Å². The Labute approximate surface area is 162 Å². The average Bonchev–Trinajstić information content (AvgIpc) is 3.29. The third kappa shape index (κ3) is 3.76. The minimum atomic E-state index is 0.123. The highest BCUT2D eigenvalue weighted by atomic mass is 32.2. The monoisotopic (exact) mass is 389 g/mol. The van der Waals surface area contributed by atoms with Crippen LogP contribution in [0.15, 0.2) is 34.3 Å². The second kappa shape index (κ2) is 8.00. The summed E-state index contributed by atoms with van der Waals surface area (Å²) < 4.78 is 1.92. The first-order valence-electron chi connectivity index (χ1n) is 9.19. The summed E-state index contributed by atoms with van der Waals surface area (Å²) in [4.78, 5) is 16.1. The first kappa shape index (κ1) is 17.9. The van der Waals surface area contributed by atoms with Crippen molar-refractivity contribution in [2.75, 3.05) is 17.2 Å². The van der Waals surface area contributed by atoms with E-state index in [2.05, 4.69) is 28.5 Å². The van der Waals surface area contributed by atoms with Gasteiger partial charge in [0.25, 0.3) is 0 Å². The van der Waals surface area contributed by atoms with Crippen LogP contribution in [0.1, 0.15) is 45.1 Å². The van der Waals surface area contributed by atoms with Gasteiger partial charge in [0, 0.05) is 16.7 Å². The second-order valence-electron chi connectivity index (χ2n) is 6.86. The Morgan fingerprint density at radius 2 is 2.08 bits per heavy atom. The van der Waals surface area contributed by atoms with Crippen LogP contribution >= 0.6 is 23.5 Å². The maximum atomic E-state index is 13.0. The number of benzene rings is 1. The molecule has 2 aromatic rings. The summed E-state index contributed by atoms with van der Waals surface area (Å²) in [5.74, 6) is 0.485. The number of thioether (sulfide) groups is 2. The number of carbonyl (C=O) groups is 1. The lowest BCUT2D eigenvalue weighted by molar-refractivity contribution is -0.116. The summed E-state index contributed by atoms with van der Waals surface area (Å²) in [6.45, 7) is 2.98. The quantitative estimate of drug-likeness (QED) is 0.741. The Bertz CT molecular complexity index is 774. The van der Waals surface area contributed by atoms with Crippen LogP contribution in [0.5, 0.6) is 0 Å². The van der Waals surface area contributed by atoms with Gasteiger partial charge in [-0.15, -0.1) is 16.9 Å². The Balaban J connectivity index is 1.46. The van der Waals surface area contributed by atoms with Crippen LogP contribution in [0.25, 0.3) is 0 Å². The average molecular weight is 390 g/mol. The van der Waals surface area contributed by atoms with E-state index in [9.17, 15) is 4.79 Å². The Morgan fingerprint density at radius 3 is 2.92 bits per heavy atom. The normalized spacial score (nSPS) is 20.8.